The van der Waals surface area contributed by atoms with E-state index in [1.165, 1.54) is 4.52 Å². The Labute approximate surface area is 208 Å². The van der Waals surface area contributed by atoms with Crippen LogP contribution < -0.4 is 15.8 Å². The Morgan fingerprint density at radius 3 is 2.67 bits per heavy atom. The molecule has 0 amide bonds. The van der Waals surface area contributed by atoms with Crippen molar-refractivity contribution in [2.45, 2.75) is 42.2 Å². The van der Waals surface area contributed by atoms with E-state index in [0.717, 1.165) is 50.3 Å². The zero-order chi connectivity index (χ0) is 25.1. The lowest BCUT2D eigenvalue weighted by molar-refractivity contribution is -0.0738. The molecule has 6 rings (SSSR count). The summed E-state index contributed by atoms with van der Waals surface area (Å²) in [5.74, 6) is 0. The van der Waals surface area contributed by atoms with E-state index in [-0.39, 0.29) is 21.2 Å². The molecule has 2 aromatic carbocycles. The molecule has 2 aromatic heterocycles. The van der Waals surface area contributed by atoms with Gasteiger partial charge in [0.25, 0.3) is 5.56 Å². The molecule has 4 heterocycles. The third-order valence-corrected chi connectivity index (χ3v) is 9.14. The monoisotopic (exact) mass is 508 g/mol. The van der Waals surface area contributed by atoms with Crippen molar-refractivity contribution in [2.24, 2.45) is 0 Å². The zero-order valence-corrected chi connectivity index (χ0v) is 21.1. The van der Waals surface area contributed by atoms with Gasteiger partial charge in [-0.25, -0.2) is 18.1 Å². The lowest BCUT2D eigenvalue weighted by Crippen LogP contribution is -2.56. The summed E-state index contributed by atoms with van der Waals surface area (Å²) in [5.41, 5.74) is 2.36. The molecule has 2 saturated heterocycles. The van der Waals surface area contributed by atoms with Crippen LogP contribution in [0.15, 0.2) is 51.1 Å². The first-order chi connectivity index (χ1) is 17.3. The van der Waals surface area contributed by atoms with Crippen molar-refractivity contribution >= 4 is 32.1 Å². The number of hydrogen-bond donors (Lipinski definition) is 2. The molecule has 36 heavy (non-hydrogen) atoms. The van der Waals surface area contributed by atoms with Gasteiger partial charge in [0.2, 0.25) is 14.9 Å². The average Bonchev–Trinajstić information content (AvgIpc) is 3.29. The molecule has 11 heteroatoms. The molecule has 188 valence electrons. The number of nitrogens with zero attached hydrogens (tertiary/aromatic N) is 4. The predicted molar refractivity (Wildman–Crippen MR) is 135 cm³/mol. The number of aromatic amines is 1. The minimum absolute atomic E-state index is 0.0126. The minimum atomic E-state index is -4.00. The van der Waals surface area contributed by atoms with Gasteiger partial charge in [0.05, 0.1) is 28.0 Å². The summed E-state index contributed by atoms with van der Waals surface area (Å²) in [6, 6.07) is 10.7. The number of aromatic nitrogens is 4. The van der Waals surface area contributed by atoms with Gasteiger partial charge in [-0.1, -0.05) is 17.7 Å². The van der Waals surface area contributed by atoms with E-state index in [0.29, 0.717) is 23.1 Å². The Bertz CT molecular complexity index is 1650. The maximum absolute atomic E-state index is 13.5. The molecule has 0 atom stereocenters. The van der Waals surface area contributed by atoms with Crippen LogP contribution in [0.4, 0.5) is 5.69 Å². The molecule has 2 fully saturated rings. The Kier molecular flexibility index (Phi) is 5.39. The van der Waals surface area contributed by atoms with Gasteiger partial charge in [-0.05, 0) is 69.6 Å². The van der Waals surface area contributed by atoms with Gasteiger partial charge in [0, 0.05) is 18.8 Å². The topological polar surface area (TPSA) is 122 Å². The summed E-state index contributed by atoms with van der Waals surface area (Å²) in [6.45, 7) is 7.63. The van der Waals surface area contributed by atoms with Crippen LogP contribution in [0.2, 0.25) is 0 Å². The van der Waals surface area contributed by atoms with Crippen molar-refractivity contribution in [3.8, 4) is 0 Å². The van der Waals surface area contributed by atoms with Crippen LogP contribution in [-0.4, -0.2) is 66.6 Å². The van der Waals surface area contributed by atoms with Crippen molar-refractivity contribution in [1.29, 1.82) is 0 Å². The number of H-pyrrole nitrogens is 1. The average molecular weight is 509 g/mol. The smallest absolute Gasteiger partial charge is 0.281 e. The fourth-order valence-corrected chi connectivity index (χ4v) is 6.91. The molecule has 0 bridgehead atoms. The van der Waals surface area contributed by atoms with Gasteiger partial charge in [-0.15, -0.1) is 5.10 Å². The van der Waals surface area contributed by atoms with E-state index in [1.807, 2.05) is 19.1 Å². The SMILES string of the molecule is Cc1ccc(S(=O)(=O)c2n[nH]n3c2nc(=O)c2ccc(N4CCOC5(CCNCC5)C4)cc23)c(C)c1. The first-order valence-corrected chi connectivity index (χ1v) is 13.6. The fraction of sp³-hybridized carbons (Fsp3) is 0.400. The van der Waals surface area contributed by atoms with Crippen LogP contribution in [-0.2, 0) is 14.6 Å². The number of nitrogens with one attached hydrogen (secondary N) is 2. The van der Waals surface area contributed by atoms with Crippen LogP contribution >= 0.6 is 0 Å². The quantitative estimate of drug-likeness (QED) is 0.431. The van der Waals surface area contributed by atoms with Gasteiger partial charge in [0.1, 0.15) is 0 Å². The second kappa shape index (κ2) is 8.39. The highest BCUT2D eigenvalue weighted by Gasteiger charge is 2.38. The van der Waals surface area contributed by atoms with Gasteiger partial charge in [-0.2, -0.15) is 4.98 Å². The first kappa shape index (κ1) is 23.1. The molecule has 1 spiro atoms. The van der Waals surface area contributed by atoms with Gasteiger partial charge in [0.15, 0.2) is 5.65 Å². The van der Waals surface area contributed by atoms with E-state index in [1.54, 1.807) is 31.2 Å². The highest BCUT2D eigenvalue weighted by atomic mass is 32.2. The van der Waals surface area contributed by atoms with Crippen molar-refractivity contribution in [3.63, 3.8) is 0 Å². The Balaban J connectivity index is 1.46. The second-order valence-electron chi connectivity index (χ2n) is 9.77. The van der Waals surface area contributed by atoms with E-state index >= 15 is 0 Å². The summed E-state index contributed by atoms with van der Waals surface area (Å²) in [7, 11) is -4.00. The Morgan fingerprint density at radius 1 is 1.08 bits per heavy atom. The van der Waals surface area contributed by atoms with Gasteiger partial charge < -0.3 is 15.0 Å². The standard InChI is InChI=1S/C25H28N6O4S/c1-16-3-6-21(17(2)13-16)36(33,34)24-22-27-23(32)19-5-4-18(14-20(19)31(22)29-28-24)30-11-12-35-25(15-30)7-9-26-10-8-25/h3-6,13-14,26,29H,7-12,15H2,1-2H3. The van der Waals surface area contributed by atoms with Crippen LogP contribution in [0.1, 0.15) is 24.0 Å². The van der Waals surface area contributed by atoms with Crippen LogP contribution in [0.3, 0.4) is 0 Å². The predicted octanol–water partition coefficient (Wildman–Crippen LogP) is 1.98. The number of hydrogen-bond acceptors (Lipinski definition) is 8. The summed E-state index contributed by atoms with van der Waals surface area (Å²) in [4.78, 5) is 19.5. The number of ether oxygens (including phenoxy) is 1. The van der Waals surface area contributed by atoms with Crippen molar-refractivity contribution < 1.29 is 13.2 Å². The summed E-state index contributed by atoms with van der Waals surface area (Å²) < 4.78 is 34.7. The van der Waals surface area contributed by atoms with E-state index in [2.05, 4.69) is 25.5 Å². The normalized spacial score (nSPS) is 18.3. The number of fused-ring (bicyclic) bond motifs is 3. The number of aryl methyl sites for hydroxylation is 2. The molecule has 4 aromatic rings. The molecular weight excluding hydrogens is 480 g/mol. The van der Waals surface area contributed by atoms with Crippen LogP contribution in [0.25, 0.3) is 16.6 Å². The molecule has 0 aliphatic carbocycles. The fourth-order valence-electron chi connectivity index (χ4n) is 5.43. The first-order valence-electron chi connectivity index (χ1n) is 12.1. The van der Waals surface area contributed by atoms with Crippen molar-refractivity contribution in [3.05, 3.63) is 57.9 Å². The molecule has 0 radical (unpaired) electrons. The third-order valence-electron chi connectivity index (χ3n) is 7.32. The van der Waals surface area contributed by atoms with E-state index in [9.17, 15) is 13.2 Å². The number of anilines is 1. The summed E-state index contributed by atoms with van der Waals surface area (Å²) >= 11 is 0. The highest BCUT2D eigenvalue weighted by molar-refractivity contribution is 7.91. The third kappa shape index (κ3) is 3.69. The molecule has 2 N–H and O–H groups in total. The summed E-state index contributed by atoms with van der Waals surface area (Å²) in [6.07, 6.45) is 1.90. The second-order valence-corrected chi connectivity index (χ2v) is 11.6. The number of morpholine rings is 1. The maximum atomic E-state index is 13.5. The largest absolute Gasteiger partial charge is 0.371 e. The van der Waals surface area contributed by atoms with Crippen LogP contribution in [0, 0.1) is 13.8 Å². The molecular formula is C25H28N6O4S. The molecule has 10 nitrogen and oxygen atoms in total. The molecule has 2 aliphatic heterocycles. The highest BCUT2D eigenvalue weighted by Crippen LogP contribution is 2.32. The van der Waals surface area contributed by atoms with Gasteiger partial charge >= 0.3 is 0 Å². The molecule has 0 saturated carbocycles. The number of rotatable bonds is 3. The number of piperidine rings is 1. The Hall–Kier alpha value is -3.28. The lowest BCUT2D eigenvalue weighted by Gasteiger charge is -2.46. The summed E-state index contributed by atoms with van der Waals surface area (Å²) in [5, 5.41) is 10.4. The maximum Gasteiger partial charge on any atom is 0.281 e. The molecule has 2 aliphatic rings. The van der Waals surface area contributed by atoms with Crippen LogP contribution in [0.5, 0.6) is 0 Å². The lowest BCUT2D eigenvalue weighted by atomic mass is 9.90. The number of benzene rings is 2. The van der Waals surface area contributed by atoms with Crippen molar-refractivity contribution in [2.75, 3.05) is 37.7 Å². The van der Waals surface area contributed by atoms with Crippen molar-refractivity contribution in [1.82, 2.24) is 25.1 Å². The number of sulfone groups is 1. The Morgan fingerprint density at radius 2 is 1.89 bits per heavy atom. The van der Waals surface area contributed by atoms with E-state index in [4.69, 9.17) is 4.74 Å². The van der Waals surface area contributed by atoms with Gasteiger partial charge in [-0.3, -0.25) is 4.79 Å². The van der Waals surface area contributed by atoms with E-state index < -0.39 is 15.4 Å². The minimum Gasteiger partial charge on any atom is -0.371 e. The molecule has 0 unspecified atom stereocenters. The zero-order valence-electron chi connectivity index (χ0n) is 20.2.